The zero-order valence-electron chi connectivity index (χ0n) is 14.7. The minimum absolute atomic E-state index is 0.402. The van der Waals surface area contributed by atoms with E-state index < -0.39 is 11.2 Å². The van der Waals surface area contributed by atoms with E-state index in [2.05, 4.69) is 32.6 Å². The average Bonchev–Trinajstić information content (AvgIpc) is 2.39. The monoisotopic (exact) mass is 298 g/mol. The Hall–Kier alpha value is -0.560. The van der Waals surface area contributed by atoms with Crippen molar-refractivity contribution in [3.05, 3.63) is 0 Å². The maximum Gasteiger partial charge on any atom is 0.122 e. The Kier molecular flexibility index (Phi) is 9.20. The molecule has 21 heavy (non-hydrogen) atoms. The molecule has 0 aromatic rings. The second-order valence-corrected chi connectivity index (χ2v) is 7.03. The molecule has 0 spiro atoms. The van der Waals surface area contributed by atoms with Gasteiger partial charge in [-0.15, -0.1) is 0 Å². The maximum atomic E-state index is 10.3. The largest absolute Gasteiger partial charge is 0.381 e. The molecule has 124 valence electrons. The van der Waals surface area contributed by atoms with E-state index in [1.807, 2.05) is 6.92 Å². The maximum absolute atomic E-state index is 10.3. The lowest BCUT2D eigenvalue weighted by Crippen LogP contribution is -2.27. The highest BCUT2D eigenvalue weighted by atomic mass is 16.5. The van der Waals surface area contributed by atoms with Gasteiger partial charge in [0.25, 0.3) is 0 Å². The molecule has 0 rings (SSSR count). The Morgan fingerprint density at radius 2 is 1.43 bits per heavy atom. The fraction of sp³-hybridized carbons (Fsp3) is 0.889. The summed E-state index contributed by atoms with van der Waals surface area (Å²) in [6.45, 7) is 13.2. The number of ether oxygens (including phenoxy) is 1. The average molecular weight is 298 g/mol. The third-order valence-corrected chi connectivity index (χ3v) is 3.54. The van der Waals surface area contributed by atoms with Crippen molar-refractivity contribution in [3.8, 4) is 11.8 Å². The van der Waals surface area contributed by atoms with Crippen LogP contribution in [-0.4, -0.2) is 34.6 Å². The van der Waals surface area contributed by atoms with Gasteiger partial charge in [-0.25, -0.2) is 0 Å². The van der Waals surface area contributed by atoms with Gasteiger partial charge in [0.2, 0.25) is 0 Å². The van der Waals surface area contributed by atoms with Crippen LogP contribution >= 0.6 is 0 Å². The molecule has 0 radical (unpaired) electrons. The number of aliphatic hydroxyl groups is 2. The zero-order valence-corrected chi connectivity index (χ0v) is 14.7. The highest BCUT2D eigenvalue weighted by molar-refractivity contribution is 5.19. The van der Waals surface area contributed by atoms with Crippen LogP contribution in [0.2, 0.25) is 0 Å². The van der Waals surface area contributed by atoms with E-state index >= 15 is 0 Å². The third kappa shape index (κ3) is 11.7. The highest BCUT2D eigenvalue weighted by Gasteiger charge is 2.22. The Bertz CT molecular complexity index is 334. The van der Waals surface area contributed by atoms with Crippen LogP contribution in [0.15, 0.2) is 0 Å². The molecule has 0 aromatic carbocycles. The standard InChI is InChI=1S/C18H34O3/c1-7-21-14-16(4)9-11-18(6,20)13-12-17(5,19)10-8-15(2)3/h15-16,19-20H,7-11,14H2,1-6H3. The normalized spacial score (nSPS) is 18.5. The van der Waals surface area contributed by atoms with Gasteiger partial charge < -0.3 is 14.9 Å². The van der Waals surface area contributed by atoms with E-state index in [-0.39, 0.29) is 0 Å². The molecule has 0 fully saturated rings. The lowest BCUT2D eigenvalue weighted by Gasteiger charge is -2.21. The van der Waals surface area contributed by atoms with Crippen LogP contribution in [0.1, 0.15) is 67.2 Å². The topological polar surface area (TPSA) is 49.7 Å². The molecule has 3 heteroatoms. The van der Waals surface area contributed by atoms with E-state index in [1.54, 1.807) is 13.8 Å². The predicted molar refractivity (Wildman–Crippen MR) is 88.0 cm³/mol. The first-order chi connectivity index (χ1) is 9.58. The molecule has 0 amide bonds. The van der Waals surface area contributed by atoms with E-state index in [9.17, 15) is 10.2 Å². The van der Waals surface area contributed by atoms with Crippen LogP contribution in [0.4, 0.5) is 0 Å². The van der Waals surface area contributed by atoms with Gasteiger partial charge in [-0.2, -0.15) is 0 Å². The molecule has 3 atom stereocenters. The van der Waals surface area contributed by atoms with Gasteiger partial charge in [0.05, 0.1) is 0 Å². The van der Waals surface area contributed by atoms with Crippen molar-refractivity contribution in [3.63, 3.8) is 0 Å². The van der Waals surface area contributed by atoms with E-state index in [1.165, 1.54) is 0 Å². The summed E-state index contributed by atoms with van der Waals surface area (Å²) in [7, 11) is 0. The molecular formula is C18H34O3. The Morgan fingerprint density at radius 3 is 1.86 bits per heavy atom. The molecule has 0 aromatic heterocycles. The summed E-state index contributed by atoms with van der Waals surface area (Å²) in [4.78, 5) is 0. The molecule has 0 aliphatic carbocycles. The number of hydrogen-bond acceptors (Lipinski definition) is 3. The van der Waals surface area contributed by atoms with E-state index in [0.717, 1.165) is 19.4 Å². The Balaban J connectivity index is 4.36. The molecular weight excluding hydrogens is 264 g/mol. The first-order valence-corrected chi connectivity index (χ1v) is 8.15. The van der Waals surface area contributed by atoms with Crippen LogP contribution < -0.4 is 0 Å². The second-order valence-electron chi connectivity index (χ2n) is 7.03. The smallest absolute Gasteiger partial charge is 0.122 e. The molecule has 2 N–H and O–H groups in total. The SMILES string of the molecule is CCOCC(C)CCC(C)(O)C#CC(C)(O)CCC(C)C. The molecule has 0 aliphatic heterocycles. The number of hydrogen-bond donors (Lipinski definition) is 2. The van der Waals surface area contributed by atoms with Crippen molar-refractivity contribution in [2.24, 2.45) is 11.8 Å². The van der Waals surface area contributed by atoms with Crippen molar-refractivity contribution in [1.29, 1.82) is 0 Å². The fourth-order valence-electron chi connectivity index (χ4n) is 1.89. The molecule has 3 nitrogen and oxygen atoms in total. The summed E-state index contributed by atoms with van der Waals surface area (Å²) in [6.07, 6.45) is 3.01. The summed E-state index contributed by atoms with van der Waals surface area (Å²) in [5.41, 5.74) is -2.08. The van der Waals surface area contributed by atoms with Crippen molar-refractivity contribution in [2.75, 3.05) is 13.2 Å². The lowest BCUT2D eigenvalue weighted by molar-refractivity contribution is 0.0779. The zero-order chi connectivity index (χ0) is 16.5. The Morgan fingerprint density at radius 1 is 0.952 bits per heavy atom. The van der Waals surface area contributed by atoms with E-state index in [4.69, 9.17) is 4.74 Å². The summed E-state index contributed by atoms with van der Waals surface area (Å²) >= 11 is 0. The van der Waals surface area contributed by atoms with Crippen LogP contribution in [0.25, 0.3) is 0 Å². The number of rotatable bonds is 9. The minimum Gasteiger partial charge on any atom is -0.381 e. The summed E-state index contributed by atoms with van der Waals surface area (Å²) in [5.74, 6) is 6.64. The molecule has 0 saturated carbocycles. The van der Waals surface area contributed by atoms with Crippen LogP contribution in [0.5, 0.6) is 0 Å². The van der Waals surface area contributed by atoms with Crippen molar-refractivity contribution in [1.82, 2.24) is 0 Å². The van der Waals surface area contributed by atoms with Gasteiger partial charge in [-0.05, 0) is 58.3 Å². The van der Waals surface area contributed by atoms with Gasteiger partial charge >= 0.3 is 0 Å². The van der Waals surface area contributed by atoms with Gasteiger partial charge in [0, 0.05) is 13.2 Å². The van der Waals surface area contributed by atoms with Crippen LogP contribution in [0, 0.1) is 23.7 Å². The van der Waals surface area contributed by atoms with Crippen molar-refractivity contribution in [2.45, 2.75) is 78.4 Å². The first kappa shape index (κ1) is 20.4. The van der Waals surface area contributed by atoms with Gasteiger partial charge in [-0.3, -0.25) is 0 Å². The van der Waals surface area contributed by atoms with Crippen LogP contribution in [0.3, 0.4) is 0 Å². The van der Waals surface area contributed by atoms with Crippen LogP contribution in [-0.2, 0) is 4.74 Å². The minimum atomic E-state index is -1.05. The molecule has 3 unspecified atom stereocenters. The van der Waals surface area contributed by atoms with Gasteiger partial charge in [-0.1, -0.05) is 32.6 Å². The molecule has 0 heterocycles. The first-order valence-electron chi connectivity index (χ1n) is 8.15. The summed E-state index contributed by atoms with van der Waals surface area (Å²) in [5, 5.41) is 20.5. The van der Waals surface area contributed by atoms with Gasteiger partial charge in [0.15, 0.2) is 0 Å². The predicted octanol–water partition coefficient (Wildman–Crippen LogP) is 3.38. The molecule has 0 aliphatic rings. The quantitative estimate of drug-likeness (QED) is 0.642. The fourth-order valence-corrected chi connectivity index (χ4v) is 1.89. The van der Waals surface area contributed by atoms with Crippen molar-refractivity contribution >= 4 is 0 Å². The van der Waals surface area contributed by atoms with Gasteiger partial charge in [0.1, 0.15) is 11.2 Å². The molecule has 0 saturated heterocycles. The third-order valence-electron chi connectivity index (χ3n) is 3.54. The summed E-state index contributed by atoms with van der Waals surface area (Å²) in [6, 6.07) is 0. The lowest BCUT2D eigenvalue weighted by atomic mass is 9.92. The molecule has 0 bridgehead atoms. The van der Waals surface area contributed by atoms with E-state index in [0.29, 0.717) is 31.3 Å². The highest BCUT2D eigenvalue weighted by Crippen LogP contribution is 2.19. The Labute approximate surface area is 131 Å². The summed E-state index contributed by atoms with van der Waals surface area (Å²) < 4.78 is 5.37. The second kappa shape index (κ2) is 9.46. The van der Waals surface area contributed by atoms with Crippen molar-refractivity contribution < 1.29 is 14.9 Å².